The number of allylic oxidation sites excluding steroid dienone is 1. The van der Waals surface area contributed by atoms with Gasteiger partial charge >= 0.3 is 6.01 Å². The van der Waals surface area contributed by atoms with Crippen molar-refractivity contribution in [1.29, 1.82) is 5.26 Å². The molecule has 6 heteroatoms. The van der Waals surface area contributed by atoms with Gasteiger partial charge in [0.2, 0.25) is 0 Å². The minimum absolute atomic E-state index is 0.299. The highest BCUT2D eigenvalue weighted by atomic mass is 16.5. The number of aromatic nitrogens is 2. The molecule has 1 aromatic heterocycles. The Bertz CT molecular complexity index is 759. The zero-order chi connectivity index (χ0) is 21.5. The molecule has 0 spiro atoms. The van der Waals surface area contributed by atoms with Gasteiger partial charge in [-0.1, -0.05) is 19.9 Å². The third kappa shape index (κ3) is 5.51. The predicted octanol–water partition coefficient (Wildman–Crippen LogP) is 4.01. The first-order valence-corrected chi connectivity index (χ1v) is 11.5. The highest BCUT2D eigenvalue weighted by Gasteiger charge is 2.27. The SMILES string of the molecule is C=CC1CCc2c(nc(OCC3CCCN3C)nc2N(CCC)CC(C)CC#N)C1. The Labute approximate surface area is 181 Å². The monoisotopic (exact) mass is 411 g/mol. The average molecular weight is 412 g/mol. The van der Waals surface area contributed by atoms with Crippen LogP contribution < -0.4 is 9.64 Å². The fourth-order valence-electron chi connectivity index (χ4n) is 4.64. The van der Waals surface area contributed by atoms with Gasteiger partial charge in [0.15, 0.2) is 0 Å². The summed E-state index contributed by atoms with van der Waals surface area (Å²) in [5.74, 6) is 1.78. The first kappa shape index (κ1) is 22.6. The Balaban J connectivity index is 1.88. The second kappa shape index (κ2) is 10.8. The van der Waals surface area contributed by atoms with E-state index in [2.05, 4.69) is 49.4 Å². The molecular weight excluding hydrogens is 374 g/mol. The van der Waals surface area contributed by atoms with Gasteiger partial charge in [-0.2, -0.15) is 15.2 Å². The molecule has 1 saturated heterocycles. The van der Waals surface area contributed by atoms with E-state index in [1.54, 1.807) is 0 Å². The molecular formula is C24H37N5O. The highest BCUT2D eigenvalue weighted by Crippen LogP contribution is 2.33. The number of anilines is 1. The maximum absolute atomic E-state index is 9.11. The van der Waals surface area contributed by atoms with Crippen LogP contribution in [0.1, 0.15) is 57.2 Å². The summed E-state index contributed by atoms with van der Waals surface area (Å²) in [6.45, 7) is 11.9. The van der Waals surface area contributed by atoms with Crippen LogP contribution in [0.2, 0.25) is 0 Å². The largest absolute Gasteiger partial charge is 0.462 e. The summed E-state index contributed by atoms with van der Waals surface area (Å²) < 4.78 is 6.15. The third-order valence-electron chi connectivity index (χ3n) is 6.45. The Kier molecular flexibility index (Phi) is 8.09. The van der Waals surface area contributed by atoms with Crippen molar-refractivity contribution in [2.24, 2.45) is 11.8 Å². The number of likely N-dealkylation sites (N-methyl/N-ethyl adjacent to an activating group) is 1. The lowest BCUT2D eigenvalue weighted by Gasteiger charge is -2.31. The quantitative estimate of drug-likeness (QED) is 0.542. The number of hydrogen-bond donors (Lipinski definition) is 0. The molecule has 0 N–H and O–H groups in total. The lowest BCUT2D eigenvalue weighted by Crippen LogP contribution is -2.33. The van der Waals surface area contributed by atoms with Gasteiger partial charge in [0.25, 0.3) is 0 Å². The zero-order valence-electron chi connectivity index (χ0n) is 18.9. The van der Waals surface area contributed by atoms with Crippen molar-refractivity contribution in [3.05, 3.63) is 23.9 Å². The molecule has 164 valence electrons. The summed E-state index contributed by atoms with van der Waals surface area (Å²) >= 11 is 0. The van der Waals surface area contributed by atoms with Crippen molar-refractivity contribution in [3.8, 4) is 12.1 Å². The van der Waals surface area contributed by atoms with E-state index in [9.17, 15) is 0 Å². The zero-order valence-corrected chi connectivity index (χ0v) is 18.9. The number of ether oxygens (including phenoxy) is 1. The molecule has 1 fully saturated rings. The van der Waals surface area contributed by atoms with Gasteiger partial charge < -0.3 is 14.5 Å². The fourth-order valence-corrected chi connectivity index (χ4v) is 4.64. The van der Waals surface area contributed by atoms with Crippen LogP contribution in [0.3, 0.4) is 0 Å². The first-order valence-electron chi connectivity index (χ1n) is 11.5. The molecule has 2 heterocycles. The van der Waals surface area contributed by atoms with Crippen LogP contribution in [0.15, 0.2) is 12.7 Å². The van der Waals surface area contributed by atoms with Crippen LogP contribution in [0.4, 0.5) is 5.82 Å². The minimum atomic E-state index is 0.299. The summed E-state index contributed by atoms with van der Waals surface area (Å²) in [4.78, 5) is 14.5. The molecule has 6 nitrogen and oxygen atoms in total. The van der Waals surface area contributed by atoms with Gasteiger partial charge in [-0.25, -0.2) is 0 Å². The summed E-state index contributed by atoms with van der Waals surface area (Å²) in [7, 11) is 2.16. The predicted molar refractivity (Wildman–Crippen MR) is 121 cm³/mol. The molecule has 3 atom stereocenters. The number of nitrogens with zero attached hydrogens (tertiary/aromatic N) is 5. The summed E-state index contributed by atoms with van der Waals surface area (Å²) in [6.07, 6.45) is 9.01. The first-order chi connectivity index (χ1) is 14.5. The average Bonchev–Trinajstić information content (AvgIpc) is 3.15. The number of nitriles is 1. The van der Waals surface area contributed by atoms with Crippen molar-refractivity contribution in [3.63, 3.8) is 0 Å². The standard InChI is InChI=1S/C24H37N5O/c1-5-13-29(16-18(3)11-12-25)23-21-10-9-19(6-2)15-22(21)26-24(27-23)30-17-20-8-7-14-28(20)4/h6,18-20H,2,5,7-11,13-17H2,1,3-4H3. The molecule has 0 radical (unpaired) electrons. The number of likely N-dealkylation sites (tertiary alicyclic amines) is 1. The molecule has 3 rings (SSSR count). The lowest BCUT2D eigenvalue weighted by molar-refractivity contribution is 0.187. The van der Waals surface area contributed by atoms with Crippen molar-refractivity contribution < 1.29 is 4.74 Å². The third-order valence-corrected chi connectivity index (χ3v) is 6.45. The van der Waals surface area contributed by atoms with Gasteiger partial charge in [0.05, 0.1) is 11.8 Å². The van der Waals surface area contributed by atoms with E-state index < -0.39 is 0 Å². The van der Waals surface area contributed by atoms with Crippen LogP contribution >= 0.6 is 0 Å². The molecule has 1 aromatic rings. The van der Waals surface area contributed by atoms with E-state index in [0.29, 0.717) is 36.9 Å². The molecule has 0 saturated carbocycles. The van der Waals surface area contributed by atoms with Gasteiger partial charge in [0.1, 0.15) is 12.4 Å². The maximum Gasteiger partial charge on any atom is 0.318 e. The topological polar surface area (TPSA) is 65.3 Å². The molecule has 0 amide bonds. The van der Waals surface area contributed by atoms with Gasteiger partial charge in [0, 0.05) is 31.1 Å². The van der Waals surface area contributed by atoms with E-state index in [-0.39, 0.29) is 0 Å². The number of hydrogen-bond acceptors (Lipinski definition) is 6. The van der Waals surface area contributed by atoms with Crippen LogP contribution in [0, 0.1) is 23.2 Å². The van der Waals surface area contributed by atoms with E-state index in [0.717, 1.165) is 56.8 Å². The van der Waals surface area contributed by atoms with E-state index in [1.165, 1.54) is 18.4 Å². The fraction of sp³-hybridized carbons (Fsp3) is 0.708. The minimum Gasteiger partial charge on any atom is -0.462 e. The van der Waals surface area contributed by atoms with Gasteiger partial charge in [-0.3, -0.25) is 0 Å². The van der Waals surface area contributed by atoms with E-state index in [4.69, 9.17) is 20.0 Å². The molecule has 1 aliphatic carbocycles. The molecule has 0 bridgehead atoms. The number of rotatable bonds is 10. The number of fused-ring (bicyclic) bond motifs is 1. The molecule has 0 aromatic carbocycles. The summed E-state index contributed by atoms with van der Waals surface area (Å²) in [5, 5.41) is 9.11. The molecule has 3 unspecified atom stereocenters. The Morgan fingerprint density at radius 3 is 2.90 bits per heavy atom. The highest BCUT2D eigenvalue weighted by molar-refractivity contribution is 5.51. The smallest absolute Gasteiger partial charge is 0.318 e. The second-order valence-corrected chi connectivity index (χ2v) is 8.99. The summed E-state index contributed by atoms with van der Waals surface area (Å²) in [5.41, 5.74) is 2.37. The van der Waals surface area contributed by atoms with Gasteiger partial charge in [-0.05, 0) is 64.0 Å². The van der Waals surface area contributed by atoms with Crippen LogP contribution in [0.5, 0.6) is 6.01 Å². The van der Waals surface area contributed by atoms with Crippen molar-refractivity contribution in [2.45, 2.75) is 64.8 Å². The normalized spacial score (nSPS) is 22.2. The molecule has 1 aliphatic heterocycles. The van der Waals surface area contributed by atoms with Crippen molar-refractivity contribution >= 4 is 5.82 Å². The maximum atomic E-state index is 9.11. The van der Waals surface area contributed by atoms with Crippen molar-refractivity contribution in [2.75, 3.05) is 38.2 Å². The molecule has 30 heavy (non-hydrogen) atoms. The molecule has 2 aliphatic rings. The Morgan fingerprint density at radius 2 is 2.23 bits per heavy atom. The van der Waals surface area contributed by atoms with E-state index >= 15 is 0 Å². The second-order valence-electron chi connectivity index (χ2n) is 8.99. The van der Waals surface area contributed by atoms with Crippen LogP contribution in [0.25, 0.3) is 0 Å². The van der Waals surface area contributed by atoms with Crippen molar-refractivity contribution in [1.82, 2.24) is 14.9 Å². The Hall–Kier alpha value is -2.13. The van der Waals surface area contributed by atoms with E-state index in [1.807, 2.05) is 0 Å². The van der Waals surface area contributed by atoms with Gasteiger partial charge in [-0.15, -0.1) is 6.58 Å². The summed E-state index contributed by atoms with van der Waals surface area (Å²) in [6, 6.07) is 3.25. The van der Waals surface area contributed by atoms with Crippen LogP contribution in [-0.4, -0.2) is 54.2 Å². The Morgan fingerprint density at radius 1 is 1.40 bits per heavy atom. The van der Waals surface area contributed by atoms with Crippen LogP contribution in [-0.2, 0) is 12.8 Å². The lowest BCUT2D eigenvalue weighted by atomic mass is 9.87.